The largest absolute Gasteiger partial charge is 0.460 e. The number of nitrogens with one attached hydrogen (secondary N) is 1. The molecule has 8 rings (SSSR count). The molecule has 1 aromatic rings. The Balaban J connectivity index is 1.01. The maximum absolute atomic E-state index is 14.8. The van der Waals surface area contributed by atoms with Crippen LogP contribution in [0.15, 0.2) is 65.8 Å². The molecule has 1 aliphatic heterocycles. The van der Waals surface area contributed by atoms with Crippen LogP contribution >= 0.6 is 0 Å². The lowest BCUT2D eigenvalue weighted by atomic mass is 9.33. The molecule has 0 bridgehead atoms. The molecule has 2 amide bonds. The third kappa shape index (κ3) is 6.31. The van der Waals surface area contributed by atoms with Crippen molar-refractivity contribution in [2.75, 3.05) is 39.9 Å². The van der Waals surface area contributed by atoms with Gasteiger partial charge in [0.25, 0.3) is 0 Å². The number of amides is 2. The number of urea groups is 1. The molecule has 7 aliphatic rings. The topological polar surface area (TPSA) is 61.9 Å². The van der Waals surface area contributed by atoms with Gasteiger partial charge in [0, 0.05) is 38.8 Å². The summed E-state index contributed by atoms with van der Waals surface area (Å²) in [5, 5.41) is 4.19. The number of allylic oxidation sites excluding steroid dienone is 5. The van der Waals surface area contributed by atoms with Gasteiger partial charge in [0.1, 0.15) is 13.3 Å². The molecule has 1 aromatic carbocycles. The molecule has 1 saturated heterocycles. The zero-order valence-corrected chi connectivity index (χ0v) is 36.4. The van der Waals surface area contributed by atoms with Gasteiger partial charge in [-0.25, -0.2) is 9.18 Å². The molecule has 312 valence electrons. The van der Waals surface area contributed by atoms with Crippen LogP contribution in [-0.2, 0) is 16.1 Å². The Morgan fingerprint density at radius 1 is 0.912 bits per heavy atom. The molecular weight excluding hydrogens is 710 g/mol. The number of carbonyl (C=O) groups is 2. The molecule has 6 aliphatic carbocycles. The van der Waals surface area contributed by atoms with E-state index in [1.165, 1.54) is 68.1 Å². The van der Waals surface area contributed by atoms with Crippen molar-refractivity contribution in [3.05, 3.63) is 71.3 Å². The number of rotatable bonds is 10. The van der Waals surface area contributed by atoms with E-state index in [-0.39, 0.29) is 39.8 Å². The van der Waals surface area contributed by atoms with Crippen molar-refractivity contribution in [3.8, 4) is 0 Å². The second-order valence-electron chi connectivity index (χ2n) is 21.4. The van der Waals surface area contributed by atoms with E-state index < -0.39 is 18.1 Å². The molecule has 1 heterocycles. The summed E-state index contributed by atoms with van der Waals surface area (Å²) in [4.78, 5) is 30.0. The summed E-state index contributed by atoms with van der Waals surface area (Å²) in [6.07, 6.45) is 17.5. The zero-order valence-electron chi connectivity index (χ0n) is 36.4. The Bertz CT molecular complexity index is 1810. The third-order valence-electron chi connectivity index (χ3n) is 18.7. The molecule has 0 spiro atoms. The van der Waals surface area contributed by atoms with Gasteiger partial charge in [-0.15, -0.1) is 0 Å². The van der Waals surface area contributed by atoms with Crippen LogP contribution in [0.25, 0.3) is 0 Å². The van der Waals surface area contributed by atoms with Crippen LogP contribution < -0.4 is 5.32 Å². The fourth-order valence-electron chi connectivity index (χ4n) is 15.3. The number of fused-ring (bicyclic) bond motifs is 7. The Hall–Kier alpha value is -2.93. The van der Waals surface area contributed by atoms with Crippen molar-refractivity contribution in [3.63, 3.8) is 0 Å². The molecule has 10 unspecified atom stereocenters. The number of esters is 1. The smallest absolute Gasteiger partial charge is 0.319 e. The van der Waals surface area contributed by atoms with Crippen molar-refractivity contribution in [1.29, 1.82) is 0 Å². The lowest BCUT2D eigenvalue weighted by Crippen LogP contribution is -2.68. The highest BCUT2D eigenvalue weighted by Gasteiger charge is 2.70. The third-order valence-corrected chi connectivity index (χ3v) is 18.7. The number of alkyl halides is 1. The summed E-state index contributed by atoms with van der Waals surface area (Å²) in [7, 11) is 1.91. The van der Waals surface area contributed by atoms with E-state index in [0.717, 1.165) is 44.6 Å². The van der Waals surface area contributed by atoms with Gasteiger partial charge in [-0.05, 0) is 152 Å². The molecule has 4 saturated carbocycles. The number of halogens is 1. The molecule has 7 heteroatoms. The van der Waals surface area contributed by atoms with Crippen molar-refractivity contribution in [1.82, 2.24) is 15.1 Å². The summed E-state index contributed by atoms with van der Waals surface area (Å²) in [6, 6.07) is 9.85. The SMILES string of the molecule is C=C(C)C1CCC2(NCCN3CCN(C)C3=O)CCC3(C)C(CCC4C5(C)CC=C(C6=CCC(CF)(C(=O)OCc7ccccc7)CC6)C(C)(C)C5CCC43C)C12. The van der Waals surface area contributed by atoms with Gasteiger partial charge in [0.15, 0.2) is 0 Å². The number of hydrogen-bond donors (Lipinski definition) is 1. The first-order valence-electron chi connectivity index (χ1n) is 22.6. The first-order chi connectivity index (χ1) is 27.1. The molecule has 0 radical (unpaired) electrons. The van der Waals surface area contributed by atoms with Crippen LogP contribution in [0, 0.1) is 56.7 Å². The quantitative estimate of drug-likeness (QED) is 0.190. The van der Waals surface area contributed by atoms with Gasteiger partial charge in [-0.1, -0.05) is 89.3 Å². The summed E-state index contributed by atoms with van der Waals surface area (Å²) >= 11 is 0. The highest BCUT2D eigenvalue weighted by atomic mass is 19.1. The Morgan fingerprint density at radius 2 is 1.68 bits per heavy atom. The van der Waals surface area contributed by atoms with Crippen LogP contribution in [0.1, 0.15) is 124 Å². The minimum absolute atomic E-state index is 0.00484. The van der Waals surface area contributed by atoms with E-state index in [4.69, 9.17) is 4.74 Å². The van der Waals surface area contributed by atoms with E-state index in [1.807, 2.05) is 47.2 Å². The summed E-state index contributed by atoms with van der Waals surface area (Å²) in [5.41, 5.74) is 4.83. The summed E-state index contributed by atoms with van der Waals surface area (Å²) < 4.78 is 20.5. The Labute approximate surface area is 343 Å². The summed E-state index contributed by atoms with van der Waals surface area (Å²) in [5.74, 6) is 2.63. The van der Waals surface area contributed by atoms with Gasteiger partial charge in [0.2, 0.25) is 0 Å². The maximum atomic E-state index is 14.8. The molecule has 6 nitrogen and oxygen atoms in total. The van der Waals surface area contributed by atoms with Crippen molar-refractivity contribution >= 4 is 12.0 Å². The predicted octanol–water partition coefficient (Wildman–Crippen LogP) is 10.7. The van der Waals surface area contributed by atoms with Gasteiger partial charge in [-0.3, -0.25) is 4.79 Å². The average Bonchev–Trinajstić information content (AvgIpc) is 3.73. The number of nitrogens with zero attached hydrogens (tertiary/aromatic N) is 2. The van der Waals surface area contributed by atoms with E-state index >= 15 is 0 Å². The second-order valence-corrected chi connectivity index (χ2v) is 21.4. The van der Waals surface area contributed by atoms with Gasteiger partial charge < -0.3 is 19.9 Å². The van der Waals surface area contributed by atoms with Gasteiger partial charge >= 0.3 is 12.0 Å². The molecule has 5 fully saturated rings. The van der Waals surface area contributed by atoms with Crippen LogP contribution in [0.4, 0.5) is 9.18 Å². The molecule has 0 aromatic heterocycles. The van der Waals surface area contributed by atoms with Crippen LogP contribution in [-0.4, -0.2) is 67.2 Å². The first-order valence-corrected chi connectivity index (χ1v) is 22.6. The maximum Gasteiger partial charge on any atom is 0.319 e. The minimum atomic E-state index is -1.09. The number of ether oxygens (including phenoxy) is 1. The predicted molar refractivity (Wildman–Crippen MR) is 227 cm³/mol. The monoisotopic (exact) mass is 782 g/mol. The van der Waals surface area contributed by atoms with Crippen molar-refractivity contribution in [2.45, 2.75) is 131 Å². The number of likely N-dealkylation sites (N-methyl/N-ethyl adjacent to an activating group) is 1. The number of hydrogen-bond acceptors (Lipinski definition) is 4. The molecule has 57 heavy (non-hydrogen) atoms. The lowest BCUT2D eigenvalue weighted by molar-refractivity contribution is -0.221. The first kappa shape index (κ1) is 40.8. The highest BCUT2D eigenvalue weighted by molar-refractivity contribution is 5.78. The van der Waals surface area contributed by atoms with E-state index in [0.29, 0.717) is 42.4 Å². The Kier molecular flexibility index (Phi) is 10.5. The minimum Gasteiger partial charge on any atom is -0.460 e. The van der Waals surface area contributed by atoms with Gasteiger partial charge in [0.05, 0.1) is 5.41 Å². The number of carbonyl (C=O) groups excluding carboxylic acids is 2. The van der Waals surface area contributed by atoms with Gasteiger partial charge in [-0.2, -0.15) is 0 Å². The van der Waals surface area contributed by atoms with E-state index in [2.05, 4.69) is 65.6 Å². The van der Waals surface area contributed by atoms with E-state index in [1.54, 1.807) is 0 Å². The lowest BCUT2D eigenvalue weighted by Gasteiger charge is -2.72. The van der Waals surface area contributed by atoms with Crippen molar-refractivity contribution < 1.29 is 18.7 Å². The molecule has 10 atom stereocenters. The standard InChI is InChI=1S/C50H72FN3O3/c1-34(2)37-18-25-50(52-28-29-54-31-30-53(8)44(54)56)27-26-47(6)39(42(37)50)14-15-41-46(5)21-19-38(45(3,4)40(46)20-22-48(41,47)7)36-16-23-49(33-51,24-17-36)43(55)57-32-35-12-10-9-11-13-35/h9-13,16,19,37,39-42,52H,1,14-15,17-18,20-33H2,2-8H3. The van der Waals surface area contributed by atoms with Crippen LogP contribution in [0.5, 0.6) is 0 Å². The Morgan fingerprint density at radius 3 is 2.35 bits per heavy atom. The summed E-state index contributed by atoms with van der Waals surface area (Å²) in [6.45, 7) is 22.8. The molecular formula is C50H72FN3O3. The van der Waals surface area contributed by atoms with Crippen LogP contribution in [0.3, 0.4) is 0 Å². The second kappa shape index (κ2) is 14.7. The van der Waals surface area contributed by atoms with E-state index in [9.17, 15) is 14.0 Å². The number of benzene rings is 1. The normalized spacial score (nSPS) is 41.0. The fourth-order valence-corrected chi connectivity index (χ4v) is 15.3. The van der Waals surface area contributed by atoms with Crippen LogP contribution in [0.2, 0.25) is 0 Å². The highest BCUT2D eigenvalue weighted by Crippen LogP contribution is 2.76. The zero-order chi connectivity index (χ0) is 40.6. The average molecular weight is 782 g/mol. The van der Waals surface area contributed by atoms with Crippen molar-refractivity contribution in [2.24, 2.45) is 56.7 Å². The fraction of sp³-hybridized carbons (Fsp3) is 0.720. The molecule has 1 N–H and O–H groups in total.